The number of fused-ring (bicyclic) bond motifs is 1. The quantitative estimate of drug-likeness (QED) is 0.145. The van der Waals surface area contributed by atoms with Gasteiger partial charge in [0.15, 0.2) is 0 Å². The number of carbonyl (C=O) groups is 1. The standard InChI is InChI=1S/C25H19F6INO2/c26-24(27,28)20-6-1-16(2-7-20)13-33-14-19-11-22(10-5-18(19)12-32-23(33)34)35-15-17-3-8-21(9-4-17)25(29,30)31/h1-11H,12-15H2/q-1. The molecule has 0 radical (unpaired) electrons. The first-order chi connectivity index (χ1) is 16.5. The number of halogens is 7. The summed E-state index contributed by atoms with van der Waals surface area (Å²) in [6.07, 6.45) is -8.82. The van der Waals surface area contributed by atoms with E-state index in [0.717, 1.165) is 35.4 Å². The summed E-state index contributed by atoms with van der Waals surface area (Å²) in [5.41, 5.74) is 1.62. The summed E-state index contributed by atoms with van der Waals surface area (Å²) in [6, 6.07) is 15.0. The molecule has 1 heterocycles. The zero-order valence-electron chi connectivity index (χ0n) is 18.1. The number of carbonyl (C=O) groups excluding carboxylic acids is 1. The SMILES string of the molecule is O=C1[I-]Cc2ccc(OCc3ccc(C(F)(F)F)cc3)cc2CN1Cc1ccc(C(F)(F)F)cc1. The molecule has 186 valence electrons. The van der Waals surface area contributed by atoms with Crippen molar-refractivity contribution in [2.75, 3.05) is 0 Å². The number of nitrogens with zero attached hydrogens (tertiary/aromatic N) is 1. The monoisotopic (exact) mass is 606 g/mol. The molecule has 0 bridgehead atoms. The van der Waals surface area contributed by atoms with E-state index in [0.29, 0.717) is 27.8 Å². The minimum absolute atomic E-state index is 0.00659. The van der Waals surface area contributed by atoms with Gasteiger partial charge >= 0.3 is 195 Å². The Balaban J connectivity index is 1.44. The van der Waals surface area contributed by atoms with Crippen molar-refractivity contribution in [2.24, 2.45) is 0 Å². The fourth-order valence-electron chi connectivity index (χ4n) is 3.55. The summed E-state index contributed by atoms with van der Waals surface area (Å²) >= 11 is -0.822. The molecule has 0 saturated heterocycles. The molecule has 4 rings (SSSR count). The van der Waals surface area contributed by atoms with E-state index in [1.807, 2.05) is 12.1 Å². The van der Waals surface area contributed by atoms with Crippen molar-refractivity contribution in [3.63, 3.8) is 0 Å². The van der Waals surface area contributed by atoms with Crippen LogP contribution in [0.3, 0.4) is 0 Å². The fraction of sp³-hybridized carbons (Fsp3) is 0.240. The summed E-state index contributed by atoms with van der Waals surface area (Å²) in [5, 5.41) is 0. The average Bonchev–Trinajstić information content (AvgIpc) is 2.95. The van der Waals surface area contributed by atoms with E-state index in [1.165, 1.54) is 24.3 Å². The van der Waals surface area contributed by atoms with Crippen LogP contribution in [-0.4, -0.2) is 8.81 Å². The van der Waals surface area contributed by atoms with Crippen molar-refractivity contribution in [1.29, 1.82) is 0 Å². The molecular formula is C25H19F6INO2-. The second kappa shape index (κ2) is 10.1. The van der Waals surface area contributed by atoms with E-state index < -0.39 is 44.7 Å². The van der Waals surface area contributed by atoms with Gasteiger partial charge in [-0.1, -0.05) is 0 Å². The Labute approximate surface area is 208 Å². The van der Waals surface area contributed by atoms with Crippen LogP contribution >= 0.6 is 0 Å². The Bertz CT molecular complexity index is 1190. The van der Waals surface area contributed by atoms with Crippen molar-refractivity contribution in [3.05, 3.63) is 100 Å². The Morgan fingerprint density at radius 2 is 1.34 bits per heavy atom. The molecular weight excluding hydrogens is 587 g/mol. The molecule has 0 spiro atoms. The van der Waals surface area contributed by atoms with E-state index in [9.17, 15) is 31.1 Å². The number of ether oxygens (including phenoxy) is 1. The van der Waals surface area contributed by atoms with Crippen molar-refractivity contribution >= 4 is 3.91 Å². The molecule has 35 heavy (non-hydrogen) atoms. The third-order valence-corrected chi connectivity index (χ3v) is 7.99. The third-order valence-electron chi connectivity index (χ3n) is 5.45. The topological polar surface area (TPSA) is 29.5 Å². The number of rotatable bonds is 5. The molecule has 1 aliphatic rings. The first kappa shape index (κ1) is 25.3. The van der Waals surface area contributed by atoms with Crippen LogP contribution in [0.2, 0.25) is 0 Å². The van der Waals surface area contributed by atoms with Crippen LogP contribution in [-0.2, 0) is 36.5 Å². The first-order valence-corrected chi connectivity index (χ1v) is 13.0. The second-order valence-corrected chi connectivity index (χ2v) is 10.4. The Kier molecular flexibility index (Phi) is 7.30. The zero-order chi connectivity index (χ0) is 25.2. The van der Waals surface area contributed by atoms with Crippen LogP contribution in [0, 0.1) is 0 Å². The summed E-state index contributed by atoms with van der Waals surface area (Å²) in [7, 11) is 0. The van der Waals surface area contributed by atoms with Gasteiger partial charge in [-0.3, -0.25) is 0 Å². The molecule has 3 aromatic rings. The Morgan fingerprint density at radius 3 is 1.91 bits per heavy atom. The average molecular weight is 606 g/mol. The predicted molar refractivity (Wildman–Crippen MR) is 112 cm³/mol. The summed E-state index contributed by atoms with van der Waals surface area (Å²) in [6.45, 7) is 0.581. The second-order valence-electron chi connectivity index (χ2n) is 7.98. The van der Waals surface area contributed by atoms with Gasteiger partial charge in [0.1, 0.15) is 0 Å². The van der Waals surface area contributed by atoms with Gasteiger partial charge < -0.3 is 0 Å². The minimum atomic E-state index is -4.42. The molecule has 3 aromatic carbocycles. The van der Waals surface area contributed by atoms with E-state index in [2.05, 4.69) is 0 Å². The number of alkyl halides is 7. The number of benzene rings is 3. The molecule has 0 fully saturated rings. The third kappa shape index (κ3) is 6.47. The summed E-state index contributed by atoms with van der Waals surface area (Å²) in [5.74, 6) is 0.519. The van der Waals surface area contributed by atoms with Crippen LogP contribution in [0.25, 0.3) is 0 Å². The molecule has 1 aliphatic heterocycles. The van der Waals surface area contributed by atoms with E-state index in [1.54, 1.807) is 11.0 Å². The number of hydrogen-bond donors (Lipinski definition) is 0. The van der Waals surface area contributed by atoms with Gasteiger partial charge in [-0.25, -0.2) is 0 Å². The van der Waals surface area contributed by atoms with E-state index in [-0.39, 0.29) is 17.1 Å². The molecule has 0 saturated carbocycles. The molecule has 3 nitrogen and oxygen atoms in total. The molecule has 0 aromatic heterocycles. The van der Waals surface area contributed by atoms with E-state index >= 15 is 0 Å². The van der Waals surface area contributed by atoms with Crippen LogP contribution in [0.15, 0.2) is 66.7 Å². The van der Waals surface area contributed by atoms with Crippen LogP contribution in [0.5, 0.6) is 5.75 Å². The van der Waals surface area contributed by atoms with Gasteiger partial charge in [0.25, 0.3) is 0 Å². The fourth-order valence-corrected chi connectivity index (χ4v) is 5.85. The predicted octanol–water partition coefficient (Wildman–Crippen LogP) is 4.03. The molecule has 0 N–H and O–H groups in total. The van der Waals surface area contributed by atoms with Crippen LogP contribution in [0.1, 0.15) is 33.4 Å². The van der Waals surface area contributed by atoms with Crippen molar-refractivity contribution < 1.29 is 57.1 Å². The van der Waals surface area contributed by atoms with Crippen molar-refractivity contribution in [1.82, 2.24) is 4.90 Å². The van der Waals surface area contributed by atoms with Gasteiger partial charge in [-0.2, -0.15) is 13.2 Å². The Morgan fingerprint density at radius 1 is 0.771 bits per heavy atom. The van der Waals surface area contributed by atoms with Gasteiger partial charge in [-0.05, 0) is 0 Å². The maximum atomic E-state index is 12.8. The maximum absolute atomic E-state index is 12.8. The van der Waals surface area contributed by atoms with Gasteiger partial charge in [0.05, 0.1) is 0 Å². The zero-order valence-corrected chi connectivity index (χ0v) is 20.2. The van der Waals surface area contributed by atoms with E-state index in [4.69, 9.17) is 4.74 Å². The summed E-state index contributed by atoms with van der Waals surface area (Å²) in [4.78, 5) is 14.3. The molecule has 10 heteroatoms. The molecule has 0 aliphatic carbocycles. The molecule has 0 unspecified atom stereocenters. The number of amides is 1. The van der Waals surface area contributed by atoms with Gasteiger partial charge in [0.2, 0.25) is 0 Å². The van der Waals surface area contributed by atoms with Crippen molar-refractivity contribution in [3.8, 4) is 5.75 Å². The molecule has 1 amide bonds. The summed E-state index contributed by atoms with van der Waals surface area (Å²) < 4.78 is 83.0. The van der Waals surface area contributed by atoms with Crippen molar-refractivity contribution in [2.45, 2.75) is 36.5 Å². The normalized spacial score (nSPS) is 14.7. The van der Waals surface area contributed by atoms with Gasteiger partial charge in [-0.15, -0.1) is 0 Å². The molecule has 0 atom stereocenters. The van der Waals surface area contributed by atoms with Gasteiger partial charge in [0, 0.05) is 0 Å². The van der Waals surface area contributed by atoms with Crippen LogP contribution in [0.4, 0.5) is 31.1 Å². The Hall–Kier alpha value is -2.76. The number of hydrogen-bond acceptors (Lipinski definition) is 2. The first-order valence-electron chi connectivity index (χ1n) is 10.4. The van der Waals surface area contributed by atoms with Crippen LogP contribution < -0.4 is 25.9 Å².